The molecule has 2 atom stereocenters. The number of benzene rings is 1. The lowest BCUT2D eigenvalue weighted by atomic mass is 10.0. The van der Waals surface area contributed by atoms with Crippen molar-refractivity contribution in [3.63, 3.8) is 0 Å². The van der Waals surface area contributed by atoms with E-state index in [0.717, 1.165) is 0 Å². The van der Waals surface area contributed by atoms with Crippen LogP contribution in [0.25, 0.3) is 0 Å². The zero-order valence-corrected chi connectivity index (χ0v) is 14.5. The Morgan fingerprint density at radius 1 is 1.29 bits per heavy atom. The number of hydrogen-bond acceptors (Lipinski definition) is 5. The topological polar surface area (TPSA) is 64.6 Å². The zero-order chi connectivity index (χ0) is 16.2. The molecule has 0 heterocycles. The van der Waals surface area contributed by atoms with E-state index in [2.05, 4.69) is 5.32 Å². The van der Waals surface area contributed by atoms with Crippen LogP contribution in [0.5, 0.6) is 11.5 Å². The second-order valence-corrected chi connectivity index (χ2v) is 7.55. The van der Waals surface area contributed by atoms with Gasteiger partial charge in [-0.3, -0.25) is 0 Å². The molecule has 0 radical (unpaired) electrons. The Kier molecular flexibility index (Phi) is 6.31. The third-order valence-electron chi connectivity index (χ3n) is 3.42. The molecule has 1 rings (SSSR count). The number of methoxy groups -OCH3 is 2. The molecule has 0 aromatic heterocycles. The third kappa shape index (κ3) is 4.02. The van der Waals surface area contributed by atoms with Gasteiger partial charge >= 0.3 is 0 Å². The highest BCUT2D eigenvalue weighted by atomic mass is 35.5. The highest BCUT2D eigenvalue weighted by Gasteiger charge is 2.30. The third-order valence-corrected chi connectivity index (χ3v) is 5.40. The van der Waals surface area contributed by atoms with Crippen LogP contribution in [-0.4, -0.2) is 40.7 Å². The maximum absolute atomic E-state index is 11.9. The average molecular weight is 336 g/mol. The van der Waals surface area contributed by atoms with Crippen LogP contribution in [0.15, 0.2) is 12.1 Å². The van der Waals surface area contributed by atoms with Crippen LogP contribution in [0.3, 0.4) is 0 Å². The van der Waals surface area contributed by atoms with Gasteiger partial charge in [0.25, 0.3) is 0 Å². The Bertz CT molecular complexity index is 589. The van der Waals surface area contributed by atoms with Crippen LogP contribution < -0.4 is 14.8 Å². The number of rotatable bonds is 7. The van der Waals surface area contributed by atoms with Crippen LogP contribution in [0.4, 0.5) is 0 Å². The molecule has 2 unspecified atom stereocenters. The molecule has 0 spiro atoms. The van der Waals surface area contributed by atoms with Gasteiger partial charge in [-0.2, -0.15) is 0 Å². The Hall–Kier alpha value is -0.980. The van der Waals surface area contributed by atoms with Crippen LogP contribution in [0, 0.1) is 0 Å². The lowest BCUT2D eigenvalue weighted by Gasteiger charge is -2.26. The lowest BCUT2D eigenvalue weighted by molar-refractivity contribution is 0.384. The van der Waals surface area contributed by atoms with Gasteiger partial charge in [-0.25, -0.2) is 8.42 Å². The highest BCUT2D eigenvalue weighted by molar-refractivity contribution is 7.91. The Morgan fingerprint density at radius 3 is 2.33 bits per heavy atom. The maximum Gasteiger partial charge on any atom is 0.151 e. The molecule has 0 aliphatic heterocycles. The lowest BCUT2D eigenvalue weighted by Crippen LogP contribution is -2.35. The van der Waals surface area contributed by atoms with Crippen molar-refractivity contribution in [2.75, 3.05) is 27.0 Å². The molecule has 0 saturated carbocycles. The standard InChI is InChI=1S/C14H22ClNO4S/c1-6-16-13(9(2)21(5,17)18)10-7-8-11(19-3)12(15)14(10)20-4/h7-9,13,16H,6H2,1-5H3. The first-order valence-corrected chi connectivity index (χ1v) is 8.93. The van der Waals surface area contributed by atoms with Gasteiger partial charge < -0.3 is 14.8 Å². The van der Waals surface area contributed by atoms with Crippen molar-refractivity contribution < 1.29 is 17.9 Å². The summed E-state index contributed by atoms with van der Waals surface area (Å²) in [6, 6.07) is 3.07. The van der Waals surface area contributed by atoms with E-state index in [1.807, 2.05) is 6.92 Å². The van der Waals surface area contributed by atoms with Crippen molar-refractivity contribution in [2.45, 2.75) is 25.1 Å². The number of hydrogen-bond donors (Lipinski definition) is 1. The largest absolute Gasteiger partial charge is 0.495 e. The molecular weight excluding hydrogens is 314 g/mol. The van der Waals surface area contributed by atoms with Gasteiger partial charge in [-0.1, -0.05) is 18.5 Å². The molecule has 1 aromatic rings. The average Bonchev–Trinajstić information content (AvgIpc) is 2.42. The van der Waals surface area contributed by atoms with Gasteiger partial charge in [0.1, 0.15) is 16.5 Å². The summed E-state index contributed by atoms with van der Waals surface area (Å²) in [5, 5.41) is 2.91. The number of sulfone groups is 1. The smallest absolute Gasteiger partial charge is 0.151 e. The number of nitrogens with one attached hydrogen (secondary N) is 1. The molecule has 21 heavy (non-hydrogen) atoms. The molecule has 1 N–H and O–H groups in total. The summed E-state index contributed by atoms with van der Waals surface area (Å²) in [4.78, 5) is 0. The van der Waals surface area contributed by atoms with Gasteiger partial charge in [0.2, 0.25) is 0 Å². The van der Waals surface area contributed by atoms with Gasteiger partial charge in [0, 0.05) is 11.8 Å². The summed E-state index contributed by atoms with van der Waals surface area (Å²) in [5.41, 5.74) is 0.697. The summed E-state index contributed by atoms with van der Waals surface area (Å²) in [6.07, 6.45) is 1.22. The van der Waals surface area contributed by atoms with Crippen molar-refractivity contribution in [3.05, 3.63) is 22.7 Å². The molecule has 5 nitrogen and oxygen atoms in total. The quantitative estimate of drug-likeness (QED) is 0.829. The van der Waals surface area contributed by atoms with E-state index in [9.17, 15) is 8.42 Å². The molecule has 0 aliphatic rings. The maximum atomic E-state index is 11.9. The fraction of sp³-hybridized carbons (Fsp3) is 0.571. The summed E-state index contributed by atoms with van der Waals surface area (Å²) >= 11 is 6.25. The fourth-order valence-corrected chi connectivity index (χ4v) is 3.22. The van der Waals surface area contributed by atoms with E-state index in [0.29, 0.717) is 28.6 Å². The minimum atomic E-state index is -3.22. The molecule has 0 bridgehead atoms. The van der Waals surface area contributed by atoms with Crippen LogP contribution in [0.2, 0.25) is 5.02 Å². The van der Waals surface area contributed by atoms with Gasteiger partial charge in [0.15, 0.2) is 9.84 Å². The van der Waals surface area contributed by atoms with E-state index in [-0.39, 0.29) is 0 Å². The van der Waals surface area contributed by atoms with Crippen molar-refractivity contribution in [1.29, 1.82) is 0 Å². The zero-order valence-electron chi connectivity index (χ0n) is 12.9. The highest BCUT2D eigenvalue weighted by Crippen LogP contribution is 2.40. The van der Waals surface area contributed by atoms with E-state index in [1.165, 1.54) is 20.5 Å². The fourth-order valence-electron chi connectivity index (χ4n) is 2.16. The molecule has 120 valence electrons. The van der Waals surface area contributed by atoms with Gasteiger partial charge in [-0.15, -0.1) is 0 Å². The summed E-state index contributed by atoms with van der Waals surface area (Å²) in [5.74, 6) is 0.914. The van der Waals surface area contributed by atoms with Gasteiger partial charge in [-0.05, 0) is 25.6 Å². The predicted molar refractivity (Wildman–Crippen MR) is 85.3 cm³/mol. The molecule has 1 aromatic carbocycles. The molecule has 7 heteroatoms. The number of ether oxygens (including phenoxy) is 2. The monoisotopic (exact) mass is 335 g/mol. The summed E-state index contributed by atoms with van der Waals surface area (Å²) < 4.78 is 34.3. The minimum Gasteiger partial charge on any atom is -0.495 e. The van der Waals surface area contributed by atoms with Crippen LogP contribution in [-0.2, 0) is 9.84 Å². The normalized spacial score (nSPS) is 14.6. The molecular formula is C14H22ClNO4S. The Labute approximate surface area is 131 Å². The van der Waals surface area contributed by atoms with E-state index in [1.54, 1.807) is 19.1 Å². The molecule has 0 aliphatic carbocycles. The van der Waals surface area contributed by atoms with Crippen molar-refractivity contribution >= 4 is 21.4 Å². The summed E-state index contributed by atoms with van der Waals surface area (Å²) in [7, 11) is -0.205. The van der Waals surface area contributed by atoms with Crippen LogP contribution >= 0.6 is 11.6 Å². The molecule has 0 amide bonds. The summed E-state index contributed by atoms with van der Waals surface area (Å²) in [6.45, 7) is 4.21. The number of halogens is 1. The second kappa shape index (κ2) is 7.33. The van der Waals surface area contributed by atoms with E-state index >= 15 is 0 Å². The van der Waals surface area contributed by atoms with Gasteiger partial charge in [0.05, 0.1) is 25.5 Å². The van der Waals surface area contributed by atoms with Crippen molar-refractivity contribution in [2.24, 2.45) is 0 Å². The SMILES string of the molecule is CCNC(c1ccc(OC)c(Cl)c1OC)C(C)S(C)(=O)=O. The molecule has 0 fully saturated rings. The van der Waals surface area contributed by atoms with Crippen molar-refractivity contribution in [1.82, 2.24) is 5.32 Å². The first-order valence-electron chi connectivity index (χ1n) is 6.60. The predicted octanol–water partition coefficient (Wildman–Crippen LogP) is 2.44. The first-order chi connectivity index (χ1) is 9.77. The van der Waals surface area contributed by atoms with E-state index < -0.39 is 21.1 Å². The first kappa shape index (κ1) is 18.1. The molecule has 0 saturated heterocycles. The van der Waals surface area contributed by atoms with Crippen LogP contribution in [0.1, 0.15) is 25.5 Å². The Morgan fingerprint density at radius 2 is 1.90 bits per heavy atom. The minimum absolute atomic E-state index is 0.334. The van der Waals surface area contributed by atoms with Crippen molar-refractivity contribution in [3.8, 4) is 11.5 Å². The second-order valence-electron chi connectivity index (χ2n) is 4.77. The Balaban J connectivity index is 3.42. The van der Waals surface area contributed by atoms with E-state index in [4.69, 9.17) is 21.1 Å².